The zero-order valence-corrected chi connectivity index (χ0v) is 12.2. The van der Waals surface area contributed by atoms with Crippen LogP contribution >= 0.6 is 0 Å². The molecule has 2 heterocycles. The molecule has 4 N–H and O–H groups in total. The van der Waals surface area contributed by atoms with Crippen LogP contribution < -0.4 is 15.8 Å². The molecule has 1 atom stereocenters. The first kappa shape index (κ1) is 15.0. The van der Waals surface area contributed by atoms with Crippen molar-refractivity contribution in [2.75, 3.05) is 13.1 Å². The van der Waals surface area contributed by atoms with Crippen LogP contribution in [0, 0.1) is 0 Å². The Kier molecular flexibility index (Phi) is 4.46. The standard InChI is InChI=1S/C12H20N4O3S/c1-16-8-10(7-11(16)12(13)17)20(18,19)15-6-4-9-3-2-5-14-9/h7-9,14-15H,2-6H2,1H3,(H2,13,17)/t9-/m1/s1. The van der Waals surface area contributed by atoms with Gasteiger partial charge in [-0.05, 0) is 31.9 Å². The number of carbonyl (C=O) groups is 1. The summed E-state index contributed by atoms with van der Waals surface area (Å²) >= 11 is 0. The SMILES string of the molecule is Cn1cc(S(=O)(=O)NCC[C@H]2CCCN2)cc1C(N)=O. The van der Waals surface area contributed by atoms with Crippen LogP contribution in [0.25, 0.3) is 0 Å². The number of hydrogen-bond donors (Lipinski definition) is 3. The van der Waals surface area contributed by atoms with Crippen LogP contribution in [0.5, 0.6) is 0 Å². The minimum atomic E-state index is -3.59. The van der Waals surface area contributed by atoms with E-state index in [1.54, 1.807) is 7.05 Å². The first-order chi connectivity index (χ1) is 9.40. The van der Waals surface area contributed by atoms with E-state index in [0.717, 1.165) is 25.8 Å². The molecule has 8 heteroatoms. The highest BCUT2D eigenvalue weighted by molar-refractivity contribution is 7.89. The third-order valence-electron chi connectivity index (χ3n) is 3.49. The molecule has 1 fully saturated rings. The topological polar surface area (TPSA) is 106 Å². The Labute approximate surface area is 118 Å². The van der Waals surface area contributed by atoms with Gasteiger partial charge in [-0.1, -0.05) is 0 Å². The zero-order valence-electron chi connectivity index (χ0n) is 11.4. The minimum absolute atomic E-state index is 0.0631. The van der Waals surface area contributed by atoms with E-state index in [9.17, 15) is 13.2 Å². The van der Waals surface area contributed by atoms with Crippen molar-refractivity contribution in [1.82, 2.24) is 14.6 Å². The monoisotopic (exact) mass is 300 g/mol. The van der Waals surface area contributed by atoms with Crippen LogP contribution in [0.2, 0.25) is 0 Å². The summed E-state index contributed by atoms with van der Waals surface area (Å²) < 4.78 is 28.2. The molecule has 0 aromatic carbocycles. The lowest BCUT2D eigenvalue weighted by molar-refractivity contribution is 0.0992. The Morgan fingerprint density at radius 1 is 1.60 bits per heavy atom. The number of nitrogens with two attached hydrogens (primary N) is 1. The van der Waals surface area contributed by atoms with Crippen LogP contribution in [-0.2, 0) is 17.1 Å². The Hall–Kier alpha value is -1.38. The fraction of sp³-hybridized carbons (Fsp3) is 0.583. The molecule has 112 valence electrons. The maximum Gasteiger partial charge on any atom is 0.265 e. The third kappa shape index (κ3) is 3.38. The highest BCUT2D eigenvalue weighted by atomic mass is 32.2. The maximum atomic E-state index is 12.1. The van der Waals surface area contributed by atoms with Crippen molar-refractivity contribution >= 4 is 15.9 Å². The van der Waals surface area contributed by atoms with Crippen LogP contribution in [0.4, 0.5) is 0 Å². The number of sulfonamides is 1. The van der Waals surface area contributed by atoms with Crippen LogP contribution in [0.3, 0.4) is 0 Å². The summed E-state index contributed by atoms with van der Waals surface area (Å²) in [6.07, 6.45) is 4.36. The molecule has 0 radical (unpaired) electrons. The van der Waals surface area contributed by atoms with Crippen LogP contribution in [0.15, 0.2) is 17.2 Å². The fourth-order valence-corrected chi connectivity index (χ4v) is 3.50. The van der Waals surface area contributed by atoms with Gasteiger partial charge in [0.15, 0.2) is 0 Å². The van der Waals surface area contributed by atoms with Gasteiger partial charge in [0.25, 0.3) is 5.91 Å². The molecule has 1 aliphatic rings. The smallest absolute Gasteiger partial charge is 0.265 e. The normalized spacial score (nSPS) is 19.4. The van der Waals surface area contributed by atoms with E-state index in [2.05, 4.69) is 10.0 Å². The van der Waals surface area contributed by atoms with Gasteiger partial charge in [0.1, 0.15) is 10.6 Å². The average Bonchev–Trinajstić information content (AvgIpc) is 2.98. The zero-order chi connectivity index (χ0) is 14.8. The molecule has 0 aliphatic carbocycles. The number of amides is 1. The molecule has 1 aromatic heterocycles. The van der Waals surface area contributed by atoms with Gasteiger partial charge in [-0.2, -0.15) is 0 Å². The summed E-state index contributed by atoms with van der Waals surface area (Å²) in [5.41, 5.74) is 5.34. The van der Waals surface area contributed by atoms with Crippen molar-refractivity contribution in [3.8, 4) is 0 Å². The molecule has 0 spiro atoms. The summed E-state index contributed by atoms with van der Waals surface area (Å²) in [6, 6.07) is 1.67. The predicted molar refractivity (Wildman–Crippen MR) is 74.8 cm³/mol. The number of primary amides is 1. The molecular formula is C12H20N4O3S. The lowest BCUT2D eigenvalue weighted by Gasteiger charge is -2.10. The van der Waals surface area contributed by atoms with E-state index >= 15 is 0 Å². The van der Waals surface area contributed by atoms with Gasteiger partial charge in [-0.3, -0.25) is 4.79 Å². The second-order valence-corrected chi connectivity index (χ2v) is 6.78. The molecule has 0 unspecified atom stereocenters. The van der Waals surface area contributed by atoms with Gasteiger partial charge in [0.05, 0.1) is 0 Å². The fourth-order valence-electron chi connectivity index (χ4n) is 2.38. The van der Waals surface area contributed by atoms with Gasteiger partial charge >= 0.3 is 0 Å². The molecule has 1 amide bonds. The summed E-state index contributed by atoms with van der Waals surface area (Å²) in [7, 11) is -2.01. The van der Waals surface area contributed by atoms with Gasteiger partial charge in [-0.15, -0.1) is 0 Å². The molecule has 20 heavy (non-hydrogen) atoms. The van der Waals surface area contributed by atoms with Crippen molar-refractivity contribution in [1.29, 1.82) is 0 Å². The number of hydrogen-bond acceptors (Lipinski definition) is 4. The summed E-state index contributed by atoms with van der Waals surface area (Å²) in [5.74, 6) is -0.649. The minimum Gasteiger partial charge on any atom is -0.364 e. The quantitative estimate of drug-likeness (QED) is 0.661. The van der Waals surface area contributed by atoms with E-state index < -0.39 is 15.9 Å². The third-order valence-corrected chi connectivity index (χ3v) is 4.92. The predicted octanol–water partition coefficient (Wildman–Crippen LogP) is -0.456. The number of nitrogens with zero attached hydrogens (tertiary/aromatic N) is 1. The molecule has 1 aliphatic heterocycles. The Bertz CT molecular complexity index is 588. The number of aromatic nitrogens is 1. The summed E-state index contributed by atoms with van der Waals surface area (Å²) in [4.78, 5) is 11.2. The first-order valence-electron chi connectivity index (χ1n) is 6.59. The summed E-state index contributed by atoms with van der Waals surface area (Å²) in [6.45, 7) is 1.37. The Morgan fingerprint density at radius 2 is 2.35 bits per heavy atom. The molecular weight excluding hydrogens is 280 g/mol. The molecule has 1 saturated heterocycles. The van der Waals surface area contributed by atoms with E-state index in [4.69, 9.17) is 5.73 Å². The summed E-state index contributed by atoms with van der Waals surface area (Å²) in [5, 5.41) is 3.31. The van der Waals surface area contributed by atoms with Crippen molar-refractivity contribution in [2.45, 2.75) is 30.2 Å². The van der Waals surface area contributed by atoms with Crippen molar-refractivity contribution in [3.05, 3.63) is 18.0 Å². The van der Waals surface area contributed by atoms with E-state index in [1.807, 2.05) is 0 Å². The van der Waals surface area contributed by atoms with Crippen LogP contribution in [0.1, 0.15) is 29.8 Å². The Morgan fingerprint density at radius 3 is 2.90 bits per heavy atom. The van der Waals surface area contributed by atoms with Gasteiger partial charge in [0, 0.05) is 25.8 Å². The van der Waals surface area contributed by atoms with Crippen molar-refractivity contribution in [3.63, 3.8) is 0 Å². The second kappa shape index (κ2) is 5.94. The second-order valence-electron chi connectivity index (χ2n) is 5.02. The van der Waals surface area contributed by atoms with Crippen molar-refractivity contribution < 1.29 is 13.2 Å². The van der Waals surface area contributed by atoms with Crippen molar-refractivity contribution in [2.24, 2.45) is 12.8 Å². The van der Waals surface area contributed by atoms with Crippen LogP contribution in [-0.4, -0.2) is 38.0 Å². The lowest BCUT2D eigenvalue weighted by Crippen LogP contribution is -2.30. The molecule has 7 nitrogen and oxygen atoms in total. The first-order valence-corrected chi connectivity index (χ1v) is 8.07. The number of aryl methyl sites for hydroxylation is 1. The van der Waals surface area contributed by atoms with Gasteiger partial charge < -0.3 is 15.6 Å². The highest BCUT2D eigenvalue weighted by Crippen LogP contribution is 2.13. The lowest BCUT2D eigenvalue weighted by atomic mass is 10.2. The number of carbonyl (C=O) groups excluding carboxylic acids is 1. The molecule has 0 bridgehead atoms. The Balaban J connectivity index is 1.98. The molecule has 1 aromatic rings. The maximum absolute atomic E-state index is 12.1. The van der Waals surface area contributed by atoms with Gasteiger partial charge in [0.2, 0.25) is 10.0 Å². The van der Waals surface area contributed by atoms with E-state index in [0.29, 0.717) is 12.6 Å². The number of rotatable bonds is 6. The average molecular weight is 300 g/mol. The van der Waals surface area contributed by atoms with Gasteiger partial charge in [-0.25, -0.2) is 13.1 Å². The van der Waals surface area contributed by atoms with E-state index in [1.165, 1.54) is 16.8 Å². The largest absolute Gasteiger partial charge is 0.364 e. The molecule has 2 rings (SSSR count). The number of nitrogens with one attached hydrogen (secondary N) is 2. The molecule has 0 saturated carbocycles. The van der Waals surface area contributed by atoms with E-state index in [-0.39, 0.29) is 10.6 Å². The highest BCUT2D eigenvalue weighted by Gasteiger charge is 2.20.